The minimum Gasteiger partial charge on any atom is -0.405 e. The number of amides is 1. The van der Waals surface area contributed by atoms with Crippen LogP contribution in [0.3, 0.4) is 0 Å². The number of carbonyl (C=O) groups excluding carboxylic acids is 1. The number of para-hydroxylation sites is 1. The van der Waals surface area contributed by atoms with E-state index in [0.717, 1.165) is 5.56 Å². The molecule has 2 rings (SSSR count). The molecule has 0 aliphatic carbocycles. The SMILES string of the molecule is O=C(/C=C/c1ccccc1OC(F)(F)F)NCc1ccccc1. The fourth-order valence-electron chi connectivity index (χ4n) is 1.85. The number of hydrogen-bond acceptors (Lipinski definition) is 2. The molecule has 0 saturated heterocycles. The van der Waals surface area contributed by atoms with Gasteiger partial charge in [-0.1, -0.05) is 48.5 Å². The lowest BCUT2D eigenvalue weighted by Gasteiger charge is -2.10. The van der Waals surface area contributed by atoms with Crippen LogP contribution < -0.4 is 10.1 Å². The van der Waals surface area contributed by atoms with Crippen LogP contribution in [0.1, 0.15) is 11.1 Å². The number of alkyl halides is 3. The quantitative estimate of drug-likeness (QED) is 0.848. The van der Waals surface area contributed by atoms with Crippen molar-refractivity contribution >= 4 is 12.0 Å². The summed E-state index contributed by atoms with van der Waals surface area (Å²) in [4.78, 5) is 11.7. The Morgan fingerprint density at radius 1 is 1.04 bits per heavy atom. The summed E-state index contributed by atoms with van der Waals surface area (Å²) in [7, 11) is 0. The molecule has 0 unspecified atom stereocenters. The van der Waals surface area contributed by atoms with Gasteiger partial charge in [-0.15, -0.1) is 13.2 Å². The highest BCUT2D eigenvalue weighted by Crippen LogP contribution is 2.26. The molecule has 0 aliphatic rings. The van der Waals surface area contributed by atoms with E-state index in [4.69, 9.17) is 0 Å². The third-order valence-corrected chi connectivity index (χ3v) is 2.87. The topological polar surface area (TPSA) is 38.3 Å². The smallest absolute Gasteiger partial charge is 0.405 e. The summed E-state index contributed by atoms with van der Waals surface area (Å²) in [6, 6.07) is 14.9. The van der Waals surface area contributed by atoms with Crippen molar-refractivity contribution in [1.29, 1.82) is 0 Å². The van der Waals surface area contributed by atoms with Crippen LogP contribution >= 0.6 is 0 Å². The van der Waals surface area contributed by atoms with Crippen LogP contribution in [0.25, 0.3) is 6.08 Å². The minimum atomic E-state index is -4.78. The number of rotatable bonds is 5. The first-order valence-corrected chi connectivity index (χ1v) is 6.79. The average molecular weight is 321 g/mol. The maximum absolute atomic E-state index is 12.3. The van der Waals surface area contributed by atoms with Gasteiger partial charge in [0.05, 0.1) is 0 Å². The van der Waals surface area contributed by atoms with Crippen LogP contribution in [0.4, 0.5) is 13.2 Å². The van der Waals surface area contributed by atoms with Crippen molar-refractivity contribution in [2.24, 2.45) is 0 Å². The second-order valence-corrected chi connectivity index (χ2v) is 4.62. The number of benzene rings is 2. The Hall–Kier alpha value is -2.76. The summed E-state index contributed by atoms with van der Waals surface area (Å²) in [5, 5.41) is 2.65. The third-order valence-electron chi connectivity index (χ3n) is 2.87. The summed E-state index contributed by atoms with van der Waals surface area (Å²) in [5.74, 6) is -0.761. The maximum Gasteiger partial charge on any atom is 0.573 e. The molecule has 3 nitrogen and oxygen atoms in total. The molecule has 0 spiro atoms. The number of ether oxygens (including phenoxy) is 1. The van der Waals surface area contributed by atoms with Crippen molar-refractivity contribution in [3.63, 3.8) is 0 Å². The zero-order valence-corrected chi connectivity index (χ0v) is 12.0. The molecular weight excluding hydrogens is 307 g/mol. The molecule has 23 heavy (non-hydrogen) atoms. The Kier molecular flexibility index (Phi) is 5.41. The minimum absolute atomic E-state index is 0.166. The molecule has 120 valence electrons. The van der Waals surface area contributed by atoms with Crippen molar-refractivity contribution < 1.29 is 22.7 Å². The van der Waals surface area contributed by atoms with E-state index in [1.165, 1.54) is 30.4 Å². The van der Waals surface area contributed by atoms with Crippen molar-refractivity contribution in [3.8, 4) is 5.75 Å². The molecule has 0 bridgehead atoms. The Balaban J connectivity index is 1.98. The first-order valence-electron chi connectivity index (χ1n) is 6.79. The van der Waals surface area contributed by atoms with E-state index >= 15 is 0 Å². The van der Waals surface area contributed by atoms with Gasteiger partial charge in [0.15, 0.2) is 0 Å². The highest BCUT2D eigenvalue weighted by atomic mass is 19.4. The van der Waals surface area contributed by atoms with Gasteiger partial charge >= 0.3 is 6.36 Å². The van der Waals surface area contributed by atoms with E-state index in [1.807, 2.05) is 30.3 Å². The van der Waals surface area contributed by atoms with Crippen LogP contribution in [-0.4, -0.2) is 12.3 Å². The molecular formula is C17H14F3NO2. The molecule has 0 saturated carbocycles. The van der Waals surface area contributed by atoms with E-state index < -0.39 is 12.3 Å². The molecule has 0 radical (unpaired) electrons. The summed E-state index contributed by atoms with van der Waals surface area (Å²) < 4.78 is 40.8. The van der Waals surface area contributed by atoms with Gasteiger partial charge in [0.2, 0.25) is 5.91 Å². The Morgan fingerprint density at radius 3 is 2.39 bits per heavy atom. The van der Waals surface area contributed by atoms with Crippen molar-refractivity contribution in [2.75, 3.05) is 0 Å². The van der Waals surface area contributed by atoms with Gasteiger partial charge in [-0.05, 0) is 17.7 Å². The zero-order chi connectivity index (χ0) is 16.7. The molecule has 0 heterocycles. The first kappa shape index (κ1) is 16.6. The van der Waals surface area contributed by atoms with Crippen molar-refractivity contribution in [2.45, 2.75) is 12.9 Å². The van der Waals surface area contributed by atoms with E-state index in [0.29, 0.717) is 6.54 Å². The van der Waals surface area contributed by atoms with Crippen LogP contribution in [0.15, 0.2) is 60.7 Å². The predicted molar refractivity (Wildman–Crippen MR) is 80.4 cm³/mol. The fraction of sp³-hybridized carbons (Fsp3) is 0.118. The van der Waals surface area contributed by atoms with Crippen LogP contribution in [0.5, 0.6) is 5.75 Å². The maximum atomic E-state index is 12.3. The van der Waals surface area contributed by atoms with Crippen LogP contribution in [-0.2, 0) is 11.3 Å². The summed E-state index contributed by atoms with van der Waals surface area (Å²) in [5.41, 5.74) is 1.09. The lowest BCUT2D eigenvalue weighted by atomic mass is 10.2. The van der Waals surface area contributed by atoms with Crippen molar-refractivity contribution in [1.82, 2.24) is 5.32 Å². The van der Waals surface area contributed by atoms with Crippen LogP contribution in [0, 0.1) is 0 Å². The second-order valence-electron chi connectivity index (χ2n) is 4.62. The van der Waals surface area contributed by atoms with E-state index in [-0.39, 0.29) is 11.3 Å². The normalized spacial score (nSPS) is 11.4. The summed E-state index contributed by atoms with van der Waals surface area (Å²) in [6.45, 7) is 0.338. The largest absolute Gasteiger partial charge is 0.573 e. The standard InChI is InChI=1S/C17H14F3NO2/c18-17(19,20)23-15-9-5-4-8-14(15)10-11-16(22)21-12-13-6-2-1-3-7-13/h1-11H,12H2,(H,21,22)/b11-10+. The lowest BCUT2D eigenvalue weighted by Crippen LogP contribution is -2.20. The Labute approximate surface area is 131 Å². The van der Waals surface area contributed by atoms with Gasteiger partial charge in [0, 0.05) is 18.2 Å². The molecule has 2 aromatic rings. The monoisotopic (exact) mass is 321 g/mol. The highest BCUT2D eigenvalue weighted by Gasteiger charge is 2.31. The molecule has 0 aliphatic heterocycles. The Morgan fingerprint density at radius 2 is 1.70 bits per heavy atom. The van der Waals surface area contributed by atoms with Gasteiger partial charge in [-0.3, -0.25) is 4.79 Å². The zero-order valence-electron chi connectivity index (χ0n) is 12.0. The van der Waals surface area contributed by atoms with Crippen LogP contribution in [0.2, 0.25) is 0 Å². The summed E-state index contributed by atoms with van der Waals surface area (Å²) >= 11 is 0. The molecule has 2 aromatic carbocycles. The molecule has 0 atom stereocenters. The van der Waals surface area contributed by atoms with Gasteiger partial charge in [0.25, 0.3) is 0 Å². The molecule has 0 aromatic heterocycles. The van der Waals surface area contributed by atoms with Gasteiger partial charge in [-0.25, -0.2) is 0 Å². The van der Waals surface area contributed by atoms with Gasteiger partial charge in [0.1, 0.15) is 5.75 Å². The lowest BCUT2D eigenvalue weighted by molar-refractivity contribution is -0.274. The molecule has 6 heteroatoms. The average Bonchev–Trinajstić information content (AvgIpc) is 2.51. The first-order chi connectivity index (χ1) is 10.9. The molecule has 0 fully saturated rings. The number of halogens is 3. The van der Waals surface area contributed by atoms with E-state index in [1.54, 1.807) is 6.07 Å². The second kappa shape index (κ2) is 7.49. The Bertz CT molecular complexity index is 682. The molecule has 1 amide bonds. The van der Waals surface area contributed by atoms with E-state index in [2.05, 4.69) is 10.1 Å². The van der Waals surface area contributed by atoms with Gasteiger partial charge in [-0.2, -0.15) is 0 Å². The summed E-state index contributed by atoms with van der Waals surface area (Å²) in [6.07, 6.45) is -2.33. The highest BCUT2D eigenvalue weighted by molar-refractivity contribution is 5.92. The number of hydrogen-bond donors (Lipinski definition) is 1. The molecule has 1 N–H and O–H groups in total. The fourth-order valence-corrected chi connectivity index (χ4v) is 1.85. The third kappa shape index (κ3) is 5.86. The van der Waals surface area contributed by atoms with Gasteiger partial charge < -0.3 is 10.1 Å². The number of nitrogens with one attached hydrogen (secondary N) is 1. The predicted octanol–water partition coefficient (Wildman–Crippen LogP) is 3.91. The number of carbonyl (C=O) groups is 1. The van der Waals surface area contributed by atoms with Crippen molar-refractivity contribution in [3.05, 3.63) is 71.8 Å². The van der Waals surface area contributed by atoms with E-state index in [9.17, 15) is 18.0 Å².